The van der Waals surface area contributed by atoms with Crippen LogP contribution < -0.4 is 0 Å². The van der Waals surface area contributed by atoms with Crippen LogP contribution in [0.4, 0.5) is 0 Å². The maximum atomic E-state index is 3.87. The Bertz CT molecular complexity index is 4030. The molecule has 0 amide bonds. The fourth-order valence-corrected chi connectivity index (χ4v) is 29.3. The van der Waals surface area contributed by atoms with Crippen molar-refractivity contribution >= 4 is 0 Å². The fourth-order valence-electron chi connectivity index (χ4n) is 29.3. The molecule has 13 fully saturated rings. The summed E-state index contributed by atoms with van der Waals surface area (Å²) in [4.78, 5) is 22.5. The minimum absolute atomic E-state index is 0. The molecule has 136 heavy (non-hydrogen) atoms. The first kappa shape index (κ1) is 127. The van der Waals surface area contributed by atoms with Crippen molar-refractivity contribution < 1.29 is 32.7 Å². The van der Waals surface area contributed by atoms with Crippen LogP contribution in [0.15, 0.2) is 133 Å². The summed E-state index contributed by atoms with van der Waals surface area (Å²) in [6, 6.07) is 49.9. The fraction of sp³-hybridized carbons (Fsp3) is 0.730. The van der Waals surface area contributed by atoms with E-state index in [9.17, 15) is 0 Å². The van der Waals surface area contributed by atoms with Crippen LogP contribution in [0.5, 0.6) is 0 Å². The van der Waals surface area contributed by atoms with Crippen LogP contribution in [0, 0.1) is 81.3 Å². The van der Waals surface area contributed by atoms with E-state index < -0.39 is 0 Å². The second kappa shape index (κ2) is 58.7. The van der Waals surface area contributed by atoms with E-state index in [0.29, 0.717) is 45.2 Å². The van der Waals surface area contributed by atoms with Gasteiger partial charge in [-0.2, -0.15) is 6.42 Å². The van der Waals surface area contributed by atoms with E-state index in [4.69, 9.17) is 0 Å². The Kier molecular flexibility index (Phi) is 54.7. The predicted molar refractivity (Wildman–Crippen MR) is 602 cm³/mol. The summed E-state index contributed by atoms with van der Waals surface area (Å²) in [5, 5.41) is 0. The van der Waals surface area contributed by atoms with Gasteiger partial charge >= 0.3 is 0 Å². The Morgan fingerprint density at radius 1 is 0.456 bits per heavy atom. The molecule has 18 aliphatic rings. The SMILES string of the molecule is C.C.C.C.C.C.CC.CC.CC.CC1N(C)C(C)C2(C)C(C)C12C.CC1c2ccccc2C(C)N1C.CCCC.CN1CCCC2(CC3C=CC2C3)C1.CN1CCCC2(CCCCC2)C1.CN1CCCC2C3CCC(C)(CC3(C)C)C21.CN1CCCC2Cc3ccccc3C21.CN1CCCC2c3ccccc3CC21.CN1Cc2ccccc2-c2ccccc2C1.[CH2-]CN(C)C1[CH-]CCCC1.[Y]. The quantitative estimate of drug-likeness (QED) is 0.129. The summed E-state index contributed by atoms with van der Waals surface area (Å²) in [6.45, 7) is 56.8. The molecule has 6 saturated heterocycles. The van der Waals surface area contributed by atoms with E-state index in [-0.39, 0.29) is 77.3 Å². The largest absolute Gasteiger partial charge is 0.362 e. The number of likely N-dealkylation sites (tertiary alicyclic amines) is 6. The standard InChI is InChI=1S/C15H27N.C15H15N.2C13H17N.C12H19N.C11H21N.C11H15N.C11H21N.C9H17N.C4H10.3C2H6.6CH4.Y/c1-14(2)10-15(3)8-7-12(14)11-6-5-9-16(4)13(11)15;1-16-10-12-6-2-4-8-14(12)15-9-5-3-7-13(15)11-16;1-14-8-4-6-11-9-10-5-2-3-7-12(10)13(11)14;1-14-8-4-7-12-11-6-3-2-5-10(11)9-13(12)14;1-13-6-2-5-12(9-13)8-10-3-4-11(12)7-10;1-7-10(4)8(2)12(6)9(3)11(7,10)5;1-8-10-6-4-5-7-11(10)9(2)12(8)3;1-12-9-5-8-11(10-12)6-3-2-4-7-11;1-3-10(2)9-7-5-4-6-8-9;1-3-4-2;3*1-2;;;;;;;/h11-13H,5-10H2,1-4H3;2-9H,10-11H2,1H3;2-3,5,7,11,13H,4,6,8-9H2,1H3;2-3,5-6,12-13H,4,7-9H2,1H3;3-4,10-11H,2,5-9H2,1H3;7-9H,1-6H3;4-9H,1-3H3;2-10H2,1H3;7,9H,1,3-6,8H2,2H3;3-4H2,1-2H3;3*1-2H3;6*1H4;/q;;;;;;;;-2;;;;;;;;;;;. The predicted octanol–water partition coefficient (Wildman–Crippen LogP) is 32.6. The van der Waals surface area contributed by atoms with Crippen LogP contribution in [-0.4, -0.2) is 190 Å². The average Bonchev–Trinajstić information content (AvgIpc) is 1.47. The molecule has 10 heteroatoms. The number of piperidine rings is 6. The van der Waals surface area contributed by atoms with E-state index in [1.807, 2.05) is 41.5 Å². The van der Waals surface area contributed by atoms with Gasteiger partial charge in [-0.3, -0.25) is 19.6 Å². The third kappa shape index (κ3) is 29.3. The van der Waals surface area contributed by atoms with Crippen molar-refractivity contribution in [3.63, 3.8) is 0 Å². The van der Waals surface area contributed by atoms with Crippen molar-refractivity contribution in [3.05, 3.63) is 191 Å². The van der Waals surface area contributed by atoms with Crippen LogP contribution in [0.3, 0.4) is 0 Å². The zero-order valence-electron chi connectivity index (χ0n) is 89.1. The smallest absolute Gasteiger partial charge is 0.0379 e. The van der Waals surface area contributed by atoms with Crippen molar-refractivity contribution in [3.8, 4) is 11.1 Å². The van der Waals surface area contributed by atoms with Crippen molar-refractivity contribution in [2.24, 2.45) is 68.0 Å². The first-order chi connectivity index (χ1) is 61.9. The summed E-state index contributed by atoms with van der Waals surface area (Å²) < 4.78 is 0. The van der Waals surface area contributed by atoms with E-state index >= 15 is 0 Å². The summed E-state index contributed by atoms with van der Waals surface area (Å²) >= 11 is 0. The normalized spacial score (nSPS) is 32.3. The first-order valence-corrected chi connectivity index (χ1v) is 54.0. The molecule has 0 aromatic heterocycles. The number of hydrogen-bond donors (Lipinski definition) is 0. The van der Waals surface area contributed by atoms with Gasteiger partial charge < -0.3 is 37.8 Å². The van der Waals surface area contributed by atoms with Crippen molar-refractivity contribution in [2.75, 3.05) is 116 Å². The minimum atomic E-state index is 0. The van der Waals surface area contributed by atoms with Gasteiger partial charge in [-0.05, 0) is 369 Å². The summed E-state index contributed by atoms with van der Waals surface area (Å²) in [7, 11) is 20.3. The molecule has 5 aromatic carbocycles. The van der Waals surface area contributed by atoms with Crippen LogP contribution in [-0.2, 0) is 58.6 Å². The minimum Gasteiger partial charge on any atom is -0.362 e. The van der Waals surface area contributed by atoms with E-state index in [2.05, 4.69) is 337 Å². The number of benzene rings is 5. The third-order valence-electron chi connectivity index (χ3n) is 37.0. The number of unbranched alkanes of at least 4 members (excludes halogenated alkanes) is 1. The van der Waals surface area contributed by atoms with Gasteiger partial charge in [0, 0.05) is 107 Å². The summed E-state index contributed by atoms with van der Waals surface area (Å²) in [5.74, 6) is 6.50. The molecule has 0 N–H and O–H groups in total. The van der Waals surface area contributed by atoms with Gasteiger partial charge in [-0.1, -0.05) is 326 Å². The number of rotatable bonds is 3. The molecule has 775 valence electrons. The molecule has 8 heterocycles. The number of nitrogens with zero attached hydrogens (tertiary/aromatic N) is 9. The van der Waals surface area contributed by atoms with Gasteiger partial charge in [0.2, 0.25) is 0 Å². The summed E-state index contributed by atoms with van der Waals surface area (Å²) in [5.41, 5.74) is 18.9. The second-order valence-corrected chi connectivity index (χ2v) is 44.9. The van der Waals surface area contributed by atoms with Crippen molar-refractivity contribution in [1.82, 2.24) is 44.1 Å². The zero-order valence-corrected chi connectivity index (χ0v) is 92.0. The van der Waals surface area contributed by atoms with Crippen molar-refractivity contribution in [1.29, 1.82) is 0 Å². The maximum absolute atomic E-state index is 3.87. The van der Waals surface area contributed by atoms with E-state index in [1.165, 1.54) is 259 Å². The number of allylic oxidation sites excluding steroid dienone is 2. The van der Waals surface area contributed by atoms with Crippen LogP contribution in [0.25, 0.3) is 11.1 Å². The molecule has 18 atom stereocenters. The Labute approximate surface area is 872 Å². The van der Waals surface area contributed by atoms with Gasteiger partial charge in [0.15, 0.2) is 0 Å². The van der Waals surface area contributed by atoms with Gasteiger partial charge in [-0.15, -0.1) is 12.6 Å². The molecule has 4 bridgehead atoms. The average molecular weight is 1950 g/mol. The van der Waals surface area contributed by atoms with E-state index in [1.54, 1.807) is 22.3 Å². The Balaban J connectivity index is 0.000000388. The monoisotopic (exact) mass is 1950 g/mol. The molecule has 23 rings (SSSR count). The van der Waals surface area contributed by atoms with Crippen LogP contribution >= 0.6 is 0 Å². The van der Waals surface area contributed by atoms with E-state index in [0.717, 1.165) is 96.7 Å². The molecule has 2 spiro atoms. The molecule has 18 unspecified atom stereocenters. The second-order valence-electron chi connectivity index (χ2n) is 44.9. The molecule has 9 nitrogen and oxygen atoms in total. The first-order valence-electron chi connectivity index (χ1n) is 54.0. The maximum Gasteiger partial charge on any atom is 0.0379 e. The number of hydrogen-bond acceptors (Lipinski definition) is 9. The molecule has 10 aliphatic carbocycles. The molecule has 1 radical (unpaired) electrons. The molecule has 8 aliphatic heterocycles. The van der Waals surface area contributed by atoms with Crippen molar-refractivity contribution in [2.45, 2.75) is 416 Å². The molecule has 7 saturated carbocycles. The third-order valence-corrected chi connectivity index (χ3v) is 37.0. The Morgan fingerprint density at radius 3 is 1.44 bits per heavy atom. The zero-order chi connectivity index (χ0) is 93.8. The summed E-state index contributed by atoms with van der Waals surface area (Å²) in [6.07, 6.45) is 47.3. The Morgan fingerprint density at radius 2 is 0.941 bits per heavy atom. The van der Waals surface area contributed by atoms with Gasteiger partial charge in [0.1, 0.15) is 0 Å². The topological polar surface area (TPSA) is 29.2 Å². The molecular formula is C126H221N9Y-2. The molecule has 5 aromatic rings. The van der Waals surface area contributed by atoms with Gasteiger partial charge in [0.05, 0.1) is 0 Å². The Hall–Kier alpha value is -3.42. The number of fused-ring (bicyclic) bond motifs is 16. The van der Waals surface area contributed by atoms with Gasteiger partial charge in [-0.25, -0.2) is 0 Å². The molecular weight excluding hydrogens is 1730 g/mol. The van der Waals surface area contributed by atoms with Gasteiger partial charge in [0.25, 0.3) is 0 Å². The van der Waals surface area contributed by atoms with Crippen LogP contribution in [0.2, 0.25) is 0 Å². The van der Waals surface area contributed by atoms with Crippen LogP contribution in [0.1, 0.15) is 405 Å². The number of likely N-dealkylation sites (N-methyl/N-ethyl adjacent to an activating group) is 1.